The van der Waals surface area contributed by atoms with Gasteiger partial charge in [0.25, 0.3) is 0 Å². The lowest BCUT2D eigenvalue weighted by Crippen LogP contribution is -2.31. The maximum Gasteiger partial charge on any atom is 0.222 e. The van der Waals surface area contributed by atoms with Crippen LogP contribution in [0.2, 0.25) is 0 Å². The zero-order valence-corrected chi connectivity index (χ0v) is 11.5. The third-order valence-electron chi connectivity index (χ3n) is 3.97. The third-order valence-corrected chi connectivity index (χ3v) is 4.88. The molecule has 0 aromatic heterocycles. The van der Waals surface area contributed by atoms with Crippen molar-refractivity contribution in [2.24, 2.45) is 11.8 Å². The Morgan fingerprint density at radius 2 is 1.81 bits per heavy atom. The summed E-state index contributed by atoms with van der Waals surface area (Å²) in [6.45, 7) is 2.02. The number of rotatable bonds is 3. The highest BCUT2D eigenvalue weighted by Gasteiger charge is 2.30. The SMILES string of the molecule is O=C1CC(CBr)CN1CC1CCCCCC1. The highest BCUT2D eigenvalue weighted by atomic mass is 79.9. The summed E-state index contributed by atoms with van der Waals surface area (Å²) in [7, 11) is 0. The molecule has 1 aliphatic carbocycles. The molecular formula is C13H22BrNO. The molecule has 1 saturated heterocycles. The molecule has 0 bridgehead atoms. The van der Waals surface area contributed by atoms with Crippen molar-refractivity contribution < 1.29 is 4.79 Å². The second kappa shape index (κ2) is 6.04. The maximum absolute atomic E-state index is 11.8. The number of nitrogens with zero attached hydrogens (tertiary/aromatic N) is 1. The smallest absolute Gasteiger partial charge is 0.222 e. The van der Waals surface area contributed by atoms with Crippen LogP contribution in [0.15, 0.2) is 0 Å². The van der Waals surface area contributed by atoms with Crippen LogP contribution in [0.25, 0.3) is 0 Å². The molecule has 1 amide bonds. The Labute approximate surface area is 107 Å². The van der Waals surface area contributed by atoms with Crippen LogP contribution in [-0.4, -0.2) is 29.2 Å². The highest BCUT2D eigenvalue weighted by molar-refractivity contribution is 9.09. The van der Waals surface area contributed by atoms with Crippen LogP contribution in [0.5, 0.6) is 0 Å². The minimum Gasteiger partial charge on any atom is -0.342 e. The molecule has 0 spiro atoms. The number of halogens is 1. The van der Waals surface area contributed by atoms with Gasteiger partial charge in [-0.3, -0.25) is 4.79 Å². The quantitative estimate of drug-likeness (QED) is 0.577. The van der Waals surface area contributed by atoms with Gasteiger partial charge in [-0.2, -0.15) is 0 Å². The zero-order valence-electron chi connectivity index (χ0n) is 9.96. The minimum atomic E-state index is 0.383. The van der Waals surface area contributed by atoms with Crippen LogP contribution in [-0.2, 0) is 4.79 Å². The van der Waals surface area contributed by atoms with Crippen LogP contribution in [0.4, 0.5) is 0 Å². The van der Waals surface area contributed by atoms with Crippen LogP contribution >= 0.6 is 15.9 Å². The predicted molar refractivity (Wildman–Crippen MR) is 69.7 cm³/mol. The molecule has 1 unspecified atom stereocenters. The minimum absolute atomic E-state index is 0.383. The van der Waals surface area contributed by atoms with E-state index in [0.29, 0.717) is 11.8 Å². The maximum atomic E-state index is 11.8. The lowest BCUT2D eigenvalue weighted by molar-refractivity contribution is -0.128. The van der Waals surface area contributed by atoms with Crippen molar-refractivity contribution in [1.29, 1.82) is 0 Å². The molecule has 1 heterocycles. The summed E-state index contributed by atoms with van der Waals surface area (Å²) in [5.74, 6) is 1.72. The van der Waals surface area contributed by atoms with E-state index in [4.69, 9.17) is 0 Å². The number of carbonyl (C=O) groups excluding carboxylic acids is 1. The first kappa shape index (κ1) is 12.4. The molecule has 92 valence electrons. The molecule has 0 N–H and O–H groups in total. The van der Waals surface area contributed by atoms with Crippen molar-refractivity contribution in [3.05, 3.63) is 0 Å². The molecule has 2 rings (SSSR count). The zero-order chi connectivity index (χ0) is 11.4. The summed E-state index contributed by atoms with van der Waals surface area (Å²) in [6, 6.07) is 0. The molecule has 1 aliphatic heterocycles. The molecule has 0 aromatic rings. The molecule has 0 radical (unpaired) electrons. The Bertz CT molecular complexity index is 236. The number of carbonyl (C=O) groups is 1. The van der Waals surface area contributed by atoms with Gasteiger partial charge in [-0.15, -0.1) is 0 Å². The van der Waals surface area contributed by atoms with Gasteiger partial charge in [0.05, 0.1) is 0 Å². The van der Waals surface area contributed by atoms with E-state index >= 15 is 0 Å². The monoisotopic (exact) mass is 287 g/mol. The van der Waals surface area contributed by atoms with E-state index in [-0.39, 0.29) is 0 Å². The number of hydrogen-bond acceptors (Lipinski definition) is 1. The Morgan fingerprint density at radius 3 is 2.38 bits per heavy atom. The number of likely N-dealkylation sites (tertiary alicyclic amines) is 1. The fourth-order valence-electron chi connectivity index (χ4n) is 2.99. The van der Waals surface area contributed by atoms with Gasteiger partial charge < -0.3 is 4.90 Å². The van der Waals surface area contributed by atoms with Crippen LogP contribution < -0.4 is 0 Å². The summed E-state index contributed by atoms with van der Waals surface area (Å²) in [4.78, 5) is 13.9. The van der Waals surface area contributed by atoms with Crippen LogP contribution in [0.3, 0.4) is 0 Å². The van der Waals surface area contributed by atoms with Crippen molar-refractivity contribution in [3.63, 3.8) is 0 Å². The van der Waals surface area contributed by atoms with Gasteiger partial charge in [0.2, 0.25) is 5.91 Å². The van der Waals surface area contributed by atoms with Crippen molar-refractivity contribution in [1.82, 2.24) is 4.90 Å². The lowest BCUT2D eigenvalue weighted by Gasteiger charge is -2.22. The molecule has 16 heavy (non-hydrogen) atoms. The first-order chi connectivity index (χ1) is 7.79. The summed E-state index contributed by atoms with van der Waals surface area (Å²) in [5.41, 5.74) is 0. The van der Waals surface area contributed by atoms with Gasteiger partial charge >= 0.3 is 0 Å². The van der Waals surface area contributed by atoms with Crippen molar-refractivity contribution >= 4 is 21.8 Å². The molecule has 2 fully saturated rings. The van der Waals surface area contributed by atoms with E-state index in [2.05, 4.69) is 20.8 Å². The van der Waals surface area contributed by atoms with Gasteiger partial charge in [-0.25, -0.2) is 0 Å². The first-order valence-corrected chi connectivity index (χ1v) is 7.75. The summed E-state index contributed by atoms with van der Waals surface area (Å²) < 4.78 is 0. The second-order valence-corrected chi connectivity index (χ2v) is 6.03. The number of hydrogen-bond donors (Lipinski definition) is 0. The molecule has 2 aliphatic rings. The Morgan fingerprint density at radius 1 is 1.12 bits per heavy atom. The topological polar surface area (TPSA) is 20.3 Å². The average Bonchev–Trinajstić information content (AvgIpc) is 2.51. The average molecular weight is 288 g/mol. The Hall–Kier alpha value is -0.0500. The Balaban J connectivity index is 1.81. The van der Waals surface area contributed by atoms with Gasteiger partial charge in [-0.1, -0.05) is 41.6 Å². The van der Waals surface area contributed by atoms with Gasteiger partial charge in [-0.05, 0) is 24.7 Å². The molecular weight excluding hydrogens is 266 g/mol. The second-order valence-electron chi connectivity index (χ2n) is 5.38. The van der Waals surface area contributed by atoms with E-state index < -0.39 is 0 Å². The largest absolute Gasteiger partial charge is 0.342 e. The van der Waals surface area contributed by atoms with E-state index in [0.717, 1.165) is 30.8 Å². The van der Waals surface area contributed by atoms with Crippen LogP contribution in [0, 0.1) is 11.8 Å². The fourth-order valence-corrected chi connectivity index (χ4v) is 3.43. The molecule has 2 nitrogen and oxygen atoms in total. The predicted octanol–water partition coefficient (Wildman–Crippen LogP) is 3.20. The van der Waals surface area contributed by atoms with Crippen molar-refractivity contribution in [3.8, 4) is 0 Å². The van der Waals surface area contributed by atoms with E-state index in [1.54, 1.807) is 0 Å². The highest BCUT2D eigenvalue weighted by Crippen LogP contribution is 2.27. The van der Waals surface area contributed by atoms with Crippen molar-refractivity contribution in [2.75, 3.05) is 18.4 Å². The van der Waals surface area contributed by atoms with Gasteiger partial charge in [0.1, 0.15) is 0 Å². The van der Waals surface area contributed by atoms with Gasteiger partial charge in [0.15, 0.2) is 0 Å². The normalized spacial score (nSPS) is 28.4. The van der Waals surface area contributed by atoms with Crippen molar-refractivity contribution in [2.45, 2.75) is 44.9 Å². The first-order valence-electron chi connectivity index (χ1n) is 6.63. The standard InChI is InChI=1S/C13H22BrNO/c14-8-12-7-13(16)15(10-12)9-11-5-3-1-2-4-6-11/h11-12H,1-10H2. The number of amides is 1. The third kappa shape index (κ3) is 3.22. The Kier molecular flexibility index (Phi) is 4.68. The molecule has 1 atom stereocenters. The molecule has 1 saturated carbocycles. The lowest BCUT2D eigenvalue weighted by atomic mass is 10.00. The number of alkyl halides is 1. The summed E-state index contributed by atoms with van der Waals surface area (Å²) in [6.07, 6.45) is 8.97. The van der Waals surface area contributed by atoms with E-state index in [1.165, 1.54) is 38.5 Å². The fraction of sp³-hybridized carbons (Fsp3) is 0.923. The van der Waals surface area contributed by atoms with Gasteiger partial charge in [0, 0.05) is 24.8 Å². The summed E-state index contributed by atoms with van der Waals surface area (Å²) in [5, 5.41) is 0.972. The molecule has 0 aromatic carbocycles. The van der Waals surface area contributed by atoms with Crippen LogP contribution in [0.1, 0.15) is 44.9 Å². The summed E-state index contributed by atoms with van der Waals surface area (Å²) >= 11 is 3.49. The van der Waals surface area contributed by atoms with E-state index in [1.807, 2.05) is 0 Å². The van der Waals surface area contributed by atoms with E-state index in [9.17, 15) is 4.79 Å². The molecule has 3 heteroatoms.